The summed E-state index contributed by atoms with van der Waals surface area (Å²) in [4.78, 5) is 27.4. The van der Waals surface area contributed by atoms with Crippen LogP contribution in [0.15, 0.2) is 0 Å². The Morgan fingerprint density at radius 1 is 1.39 bits per heavy atom. The van der Waals surface area contributed by atoms with Crippen molar-refractivity contribution in [1.29, 1.82) is 0 Å². The maximum absolute atomic E-state index is 12.2. The normalized spacial score (nSPS) is 24.6. The van der Waals surface area contributed by atoms with Crippen LogP contribution in [0, 0.1) is 5.92 Å². The fraction of sp³-hybridized carbons (Fsp3) is 0.857. The lowest BCUT2D eigenvalue weighted by Crippen LogP contribution is -2.70. The molecular formula is C14H25N3O5S. The van der Waals surface area contributed by atoms with Crippen LogP contribution in [0.5, 0.6) is 0 Å². The molecule has 0 spiro atoms. The van der Waals surface area contributed by atoms with E-state index in [-0.39, 0.29) is 24.0 Å². The minimum Gasteiger partial charge on any atom is -0.444 e. The Morgan fingerprint density at radius 3 is 2.43 bits per heavy atom. The molecule has 2 saturated heterocycles. The Kier molecular flexibility index (Phi) is 4.40. The lowest BCUT2D eigenvalue weighted by molar-refractivity contribution is -0.139. The van der Waals surface area contributed by atoms with E-state index in [1.807, 2.05) is 6.92 Å². The highest BCUT2D eigenvalue weighted by Crippen LogP contribution is 2.34. The van der Waals surface area contributed by atoms with Crippen molar-refractivity contribution in [3.05, 3.63) is 0 Å². The summed E-state index contributed by atoms with van der Waals surface area (Å²) < 4.78 is 27.7. The van der Waals surface area contributed by atoms with Crippen molar-refractivity contribution in [3.8, 4) is 0 Å². The first kappa shape index (κ1) is 18.0. The summed E-state index contributed by atoms with van der Waals surface area (Å²) >= 11 is 0. The number of sulfonamides is 1. The van der Waals surface area contributed by atoms with Gasteiger partial charge in [0.2, 0.25) is 15.9 Å². The number of rotatable bonds is 3. The molecule has 2 aliphatic rings. The third-order valence-electron chi connectivity index (χ3n) is 4.04. The second-order valence-corrected chi connectivity index (χ2v) is 9.40. The van der Waals surface area contributed by atoms with Crippen LogP contribution < -0.4 is 5.14 Å². The van der Waals surface area contributed by atoms with Crippen molar-refractivity contribution < 1.29 is 22.7 Å². The molecule has 23 heavy (non-hydrogen) atoms. The van der Waals surface area contributed by atoms with Gasteiger partial charge < -0.3 is 14.5 Å². The summed E-state index contributed by atoms with van der Waals surface area (Å²) in [5.41, 5.74) is -1.03. The number of ether oxygens (including phenoxy) is 1. The summed E-state index contributed by atoms with van der Waals surface area (Å²) in [5, 5.41) is 5.06. The molecule has 1 atom stereocenters. The predicted molar refractivity (Wildman–Crippen MR) is 84.0 cm³/mol. The van der Waals surface area contributed by atoms with Gasteiger partial charge in [-0.1, -0.05) is 0 Å². The highest BCUT2D eigenvalue weighted by Gasteiger charge is 2.51. The van der Waals surface area contributed by atoms with Crippen LogP contribution in [0.1, 0.15) is 34.1 Å². The van der Waals surface area contributed by atoms with Gasteiger partial charge in [-0.2, -0.15) is 0 Å². The summed E-state index contributed by atoms with van der Waals surface area (Å²) in [5.74, 6) is -0.573. The average Bonchev–Trinajstić information content (AvgIpc) is 2.61. The van der Waals surface area contributed by atoms with Crippen LogP contribution in [0.25, 0.3) is 0 Å². The second kappa shape index (κ2) is 5.62. The fourth-order valence-electron chi connectivity index (χ4n) is 3.15. The monoisotopic (exact) mass is 347 g/mol. The highest BCUT2D eigenvalue weighted by atomic mass is 32.2. The van der Waals surface area contributed by atoms with Gasteiger partial charge in [-0.15, -0.1) is 0 Å². The SMILES string of the molecule is CC(C)(C)OC(=O)N1CC(C)(N2CC(CS(N)(=O)=O)CC2=O)C1. The van der Waals surface area contributed by atoms with E-state index in [9.17, 15) is 18.0 Å². The van der Waals surface area contributed by atoms with E-state index in [1.54, 1.807) is 30.6 Å². The Morgan fingerprint density at radius 2 is 1.96 bits per heavy atom. The molecule has 1 unspecified atom stereocenters. The average molecular weight is 347 g/mol. The maximum Gasteiger partial charge on any atom is 0.410 e. The molecule has 9 heteroatoms. The first-order valence-electron chi connectivity index (χ1n) is 7.58. The fourth-order valence-corrected chi connectivity index (χ4v) is 4.03. The summed E-state index contributed by atoms with van der Waals surface area (Å²) in [7, 11) is -3.60. The molecule has 2 N–H and O–H groups in total. The van der Waals surface area contributed by atoms with Crippen LogP contribution in [0.4, 0.5) is 4.79 Å². The van der Waals surface area contributed by atoms with Crippen molar-refractivity contribution >= 4 is 22.0 Å². The Hall–Kier alpha value is -1.35. The molecule has 2 heterocycles. The van der Waals surface area contributed by atoms with Gasteiger partial charge in [-0.25, -0.2) is 18.4 Å². The molecule has 132 valence electrons. The van der Waals surface area contributed by atoms with Gasteiger partial charge in [0.15, 0.2) is 0 Å². The number of carbonyl (C=O) groups is 2. The molecule has 0 saturated carbocycles. The molecule has 2 aliphatic heterocycles. The molecular weight excluding hydrogens is 322 g/mol. The van der Waals surface area contributed by atoms with E-state index in [2.05, 4.69) is 0 Å². The zero-order valence-electron chi connectivity index (χ0n) is 14.0. The second-order valence-electron chi connectivity index (χ2n) is 7.74. The van der Waals surface area contributed by atoms with Gasteiger partial charge in [0.05, 0.1) is 11.3 Å². The Labute approximate surface area is 137 Å². The van der Waals surface area contributed by atoms with E-state index >= 15 is 0 Å². The van der Waals surface area contributed by atoms with E-state index in [1.165, 1.54) is 0 Å². The van der Waals surface area contributed by atoms with Crippen LogP contribution in [-0.4, -0.2) is 66.7 Å². The molecule has 0 aromatic heterocycles. The quantitative estimate of drug-likeness (QED) is 0.780. The number of hydrogen-bond acceptors (Lipinski definition) is 5. The van der Waals surface area contributed by atoms with E-state index in [0.29, 0.717) is 19.6 Å². The van der Waals surface area contributed by atoms with Gasteiger partial charge >= 0.3 is 6.09 Å². The highest BCUT2D eigenvalue weighted by molar-refractivity contribution is 7.89. The number of likely N-dealkylation sites (tertiary alicyclic amines) is 2. The number of nitrogens with zero attached hydrogens (tertiary/aromatic N) is 2. The standard InChI is InChI=1S/C14H25N3O5S/c1-13(2,3)22-12(19)16-8-14(4,9-16)17-6-10(5-11(17)18)7-23(15,20)21/h10H,5-9H2,1-4H3,(H2,15,20,21). The lowest BCUT2D eigenvalue weighted by atomic mass is 9.90. The van der Waals surface area contributed by atoms with Gasteiger partial charge in [-0.05, 0) is 27.7 Å². The van der Waals surface area contributed by atoms with Crippen LogP contribution in [0.2, 0.25) is 0 Å². The van der Waals surface area contributed by atoms with Gasteiger partial charge in [-0.3, -0.25) is 4.79 Å². The number of primary sulfonamides is 1. The van der Waals surface area contributed by atoms with E-state index in [4.69, 9.17) is 9.88 Å². The zero-order valence-corrected chi connectivity index (χ0v) is 14.9. The molecule has 0 bridgehead atoms. The third kappa shape index (κ3) is 4.35. The first-order valence-corrected chi connectivity index (χ1v) is 9.29. The van der Waals surface area contributed by atoms with Crippen molar-refractivity contribution in [2.24, 2.45) is 11.1 Å². The lowest BCUT2D eigenvalue weighted by Gasteiger charge is -2.52. The Bertz CT molecular complexity index is 604. The van der Waals surface area contributed by atoms with E-state index in [0.717, 1.165) is 0 Å². The minimum absolute atomic E-state index is 0.0926. The third-order valence-corrected chi connectivity index (χ3v) is 4.98. The predicted octanol–water partition coefficient (Wildman–Crippen LogP) is 0.133. The van der Waals surface area contributed by atoms with Gasteiger partial charge in [0.1, 0.15) is 5.60 Å². The summed E-state index contributed by atoms with van der Waals surface area (Å²) in [6, 6.07) is 0. The Balaban J connectivity index is 1.94. The maximum atomic E-state index is 12.2. The van der Waals surface area contributed by atoms with E-state index < -0.39 is 27.3 Å². The zero-order chi connectivity index (χ0) is 17.6. The molecule has 8 nitrogen and oxygen atoms in total. The molecule has 0 radical (unpaired) electrons. The molecule has 0 aromatic rings. The topological polar surface area (TPSA) is 110 Å². The number of amides is 2. The summed E-state index contributed by atoms with van der Waals surface area (Å²) in [6.07, 6.45) is -0.221. The smallest absolute Gasteiger partial charge is 0.410 e. The van der Waals surface area contributed by atoms with Gasteiger partial charge in [0.25, 0.3) is 0 Å². The van der Waals surface area contributed by atoms with Crippen molar-refractivity contribution in [3.63, 3.8) is 0 Å². The first-order chi connectivity index (χ1) is 10.3. The van der Waals surface area contributed by atoms with Crippen LogP contribution in [-0.2, 0) is 19.6 Å². The van der Waals surface area contributed by atoms with Crippen LogP contribution in [0.3, 0.4) is 0 Å². The molecule has 0 aliphatic carbocycles. The molecule has 2 amide bonds. The van der Waals surface area contributed by atoms with Crippen LogP contribution >= 0.6 is 0 Å². The molecule has 2 fully saturated rings. The van der Waals surface area contributed by atoms with Crippen molar-refractivity contribution in [2.45, 2.75) is 45.3 Å². The number of carbonyl (C=O) groups excluding carboxylic acids is 2. The number of hydrogen-bond donors (Lipinski definition) is 1. The molecule has 0 aromatic carbocycles. The minimum atomic E-state index is -3.60. The van der Waals surface area contributed by atoms with Crippen molar-refractivity contribution in [2.75, 3.05) is 25.4 Å². The molecule has 2 rings (SSSR count). The van der Waals surface area contributed by atoms with Gasteiger partial charge in [0, 0.05) is 32.0 Å². The number of nitrogens with two attached hydrogens (primary N) is 1. The summed E-state index contributed by atoms with van der Waals surface area (Å²) in [6.45, 7) is 8.41. The van der Waals surface area contributed by atoms with Crippen molar-refractivity contribution in [1.82, 2.24) is 9.80 Å². The largest absolute Gasteiger partial charge is 0.444 e.